The number of rotatable bonds is 3. The summed E-state index contributed by atoms with van der Waals surface area (Å²) in [6.07, 6.45) is 3.33. The van der Waals surface area contributed by atoms with E-state index in [0.29, 0.717) is 5.82 Å². The van der Waals surface area contributed by atoms with Gasteiger partial charge in [0, 0.05) is 11.4 Å². The van der Waals surface area contributed by atoms with Gasteiger partial charge < -0.3 is 5.32 Å². The van der Waals surface area contributed by atoms with Gasteiger partial charge in [-0.15, -0.1) is 0 Å². The highest BCUT2D eigenvalue weighted by atomic mass is 15.1. The largest absolute Gasteiger partial charge is 0.338 e. The second kappa shape index (κ2) is 5.53. The molecule has 4 aromatic rings. The van der Waals surface area contributed by atoms with Gasteiger partial charge in [0.15, 0.2) is 17.0 Å². The normalized spacial score (nSPS) is 10.8. The number of anilines is 2. The molecule has 0 saturated heterocycles. The fraction of sp³-hybridized carbons (Fsp3) is 0.0556. The van der Waals surface area contributed by atoms with Crippen LogP contribution in [0.5, 0.6) is 0 Å². The summed E-state index contributed by atoms with van der Waals surface area (Å²) in [5, 5.41) is 3.33. The molecule has 0 fully saturated rings. The molecule has 0 radical (unpaired) electrons. The third kappa shape index (κ3) is 2.53. The van der Waals surface area contributed by atoms with Crippen LogP contribution in [0.4, 0.5) is 11.5 Å². The van der Waals surface area contributed by atoms with Crippen LogP contribution in [0, 0.1) is 6.92 Å². The maximum Gasteiger partial charge on any atom is 0.170 e. The molecule has 5 heteroatoms. The Morgan fingerprint density at radius 1 is 0.913 bits per heavy atom. The highest BCUT2D eigenvalue weighted by Crippen LogP contribution is 2.24. The fourth-order valence-corrected chi connectivity index (χ4v) is 2.56. The van der Waals surface area contributed by atoms with E-state index in [4.69, 9.17) is 0 Å². The Kier molecular flexibility index (Phi) is 3.24. The quantitative estimate of drug-likeness (QED) is 0.624. The molecule has 0 unspecified atom stereocenters. The maximum absolute atomic E-state index is 4.49. The molecule has 0 aliphatic rings. The number of benzene rings is 2. The number of aryl methyl sites for hydroxylation is 1. The molecular formula is C18H15N5. The number of nitrogens with zero attached hydrogens (tertiary/aromatic N) is 4. The summed E-state index contributed by atoms with van der Waals surface area (Å²) in [4.78, 5) is 13.2. The molecule has 23 heavy (non-hydrogen) atoms. The Morgan fingerprint density at radius 3 is 2.61 bits per heavy atom. The van der Waals surface area contributed by atoms with Crippen LogP contribution < -0.4 is 5.32 Å². The minimum Gasteiger partial charge on any atom is -0.338 e. The minimum absolute atomic E-state index is 0.704. The lowest BCUT2D eigenvalue weighted by molar-refractivity contribution is 1.06. The molecule has 0 atom stereocenters. The van der Waals surface area contributed by atoms with Crippen molar-refractivity contribution in [2.75, 3.05) is 5.32 Å². The van der Waals surface area contributed by atoms with Gasteiger partial charge in [0.2, 0.25) is 0 Å². The Balaban J connectivity index is 1.79. The van der Waals surface area contributed by atoms with Crippen LogP contribution in [0.15, 0.2) is 67.3 Å². The van der Waals surface area contributed by atoms with Gasteiger partial charge in [0.1, 0.15) is 12.7 Å². The third-order valence-electron chi connectivity index (χ3n) is 3.65. The summed E-state index contributed by atoms with van der Waals surface area (Å²) < 4.78 is 1.96. The summed E-state index contributed by atoms with van der Waals surface area (Å²) in [6, 6.07) is 18.2. The van der Waals surface area contributed by atoms with Crippen molar-refractivity contribution in [2.24, 2.45) is 0 Å². The zero-order chi connectivity index (χ0) is 15.6. The van der Waals surface area contributed by atoms with Crippen LogP contribution >= 0.6 is 0 Å². The first-order chi connectivity index (χ1) is 11.3. The first kappa shape index (κ1) is 13.5. The van der Waals surface area contributed by atoms with Crippen molar-refractivity contribution in [1.82, 2.24) is 19.5 Å². The Bertz CT molecular complexity index is 959. The van der Waals surface area contributed by atoms with Gasteiger partial charge >= 0.3 is 0 Å². The molecule has 4 rings (SSSR count). The SMILES string of the molecule is Cc1cccc(Nc2ncnc3c2ncn3-c2ccccc2)c1. The average molecular weight is 301 g/mol. The van der Waals surface area contributed by atoms with Crippen molar-refractivity contribution in [3.8, 4) is 5.69 Å². The molecule has 112 valence electrons. The van der Waals surface area contributed by atoms with Crippen LogP contribution in [0.1, 0.15) is 5.56 Å². The van der Waals surface area contributed by atoms with E-state index in [0.717, 1.165) is 22.5 Å². The van der Waals surface area contributed by atoms with Crippen molar-refractivity contribution >= 4 is 22.7 Å². The molecule has 0 spiro atoms. The van der Waals surface area contributed by atoms with Gasteiger partial charge in [-0.2, -0.15) is 0 Å². The first-order valence-corrected chi connectivity index (χ1v) is 7.38. The molecule has 1 N–H and O–H groups in total. The van der Waals surface area contributed by atoms with Crippen molar-refractivity contribution in [2.45, 2.75) is 6.92 Å². The van der Waals surface area contributed by atoms with Gasteiger partial charge in [-0.3, -0.25) is 4.57 Å². The smallest absolute Gasteiger partial charge is 0.170 e. The molecule has 0 aliphatic heterocycles. The molecule has 0 aliphatic carbocycles. The van der Waals surface area contributed by atoms with Gasteiger partial charge in [-0.05, 0) is 36.8 Å². The van der Waals surface area contributed by atoms with E-state index >= 15 is 0 Å². The van der Waals surface area contributed by atoms with Crippen LogP contribution in [-0.2, 0) is 0 Å². The molecule has 0 amide bonds. The number of nitrogens with one attached hydrogen (secondary N) is 1. The number of hydrogen-bond acceptors (Lipinski definition) is 4. The van der Waals surface area contributed by atoms with Crippen LogP contribution in [0.25, 0.3) is 16.9 Å². The molecule has 5 nitrogen and oxygen atoms in total. The average Bonchev–Trinajstić information content (AvgIpc) is 3.01. The second-order valence-electron chi connectivity index (χ2n) is 5.34. The van der Waals surface area contributed by atoms with E-state index < -0.39 is 0 Å². The predicted molar refractivity (Wildman–Crippen MR) is 91.1 cm³/mol. The molecule has 2 aromatic heterocycles. The standard InChI is InChI=1S/C18H15N5/c1-13-6-5-7-14(10-13)22-17-16-18(20-11-19-17)23(12-21-16)15-8-3-2-4-9-15/h2-12H,1H3,(H,19,20,22). The summed E-state index contributed by atoms with van der Waals surface area (Å²) in [5.74, 6) is 0.704. The first-order valence-electron chi connectivity index (χ1n) is 7.38. The van der Waals surface area contributed by atoms with Crippen LogP contribution in [-0.4, -0.2) is 19.5 Å². The van der Waals surface area contributed by atoms with E-state index in [1.807, 2.05) is 47.0 Å². The molecule has 2 aromatic carbocycles. The summed E-state index contributed by atoms with van der Waals surface area (Å²) >= 11 is 0. The molecular weight excluding hydrogens is 286 g/mol. The molecule has 2 heterocycles. The highest BCUT2D eigenvalue weighted by molar-refractivity contribution is 5.86. The summed E-state index contributed by atoms with van der Waals surface area (Å²) in [5.41, 5.74) is 4.73. The fourth-order valence-electron chi connectivity index (χ4n) is 2.56. The lowest BCUT2D eigenvalue weighted by Crippen LogP contribution is -1.98. The zero-order valence-electron chi connectivity index (χ0n) is 12.6. The summed E-state index contributed by atoms with van der Waals surface area (Å²) in [7, 11) is 0. The van der Waals surface area contributed by atoms with Gasteiger partial charge in [-0.1, -0.05) is 30.3 Å². The van der Waals surface area contributed by atoms with Crippen molar-refractivity contribution in [3.63, 3.8) is 0 Å². The Hall–Kier alpha value is -3.21. The number of para-hydroxylation sites is 1. The zero-order valence-corrected chi connectivity index (χ0v) is 12.6. The molecule has 0 bridgehead atoms. The van der Waals surface area contributed by atoms with E-state index in [2.05, 4.69) is 39.3 Å². The minimum atomic E-state index is 0.704. The number of imidazole rings is 1. The van der Waals surface area contributed by atoms with Crippen molar-refractivity contribution in [3.05, 3.63) is 72.8 Å². The Labute approximate surface area is 133 Å². The van der Waals surface area contributed by atoms with Crippen molar-refractivity contribution in [1.29, 1.82) is 0 Å². The topological polar surface area (TPSA) is 55.6 Å². The van der Waals surface area contributed by atoms with Gasteiger partial charge in [0.25, 0.3) is 0 Å². The van der Waals surface area contributed by atoms with Gasteiger partial charge in [-0.25, -0.2) is 15.0 Å². The van der Waals surface area contributed by atoms with E-state index in [1.165, 1.54) is 5.56 Å². The van der Waals surface area contributed by atoms with E-state index in [9.17, 15) is 0 Å². The van der Waals surface area contributed by atoms with E-state index in [-0.39, 0.29) is 0 Å². The molecule has 0 saturated carbocycles. The van der Waals surface area contributed by atoms with Crippen molar-refractivity contribution < 1.29 is 0 Å². The predicted octanol–water partition coefficient (Wildman–Crippen LogP) is 3.87. The second-order valence-corrected chi connectivity index (χ2v) is 5.34. The number of hydrogen-bond donors (Lipinski definition) is 1. The monoisotopic (exact) mass is 301 g/mol. The third-order valence-corrected chi connectivity index (χ3v) is 3.65. The highest BCUT2D eigenvalue weighted by Gasteiger charge is 2.11. The summed E-state index contributed by atoms with van der Waals surface area (Å²) in [6.45, 7) is 2.06. The van der Waals surface area contributed by atoms with Crippen LogP contribution in [0.3, 0.4) is 0 Å². The lowest BCUT2D eigenvalue weighted by atomic mass is 10.2. The number of aromatic nitrogens is 4. The number of fused-ring (bicyclic) bond motifs is 1. The van der Waals surface area contributed by atoms with E-state index in [1.54, 1.807) is 12.7 Å². The van der Waals surface area contributed by atoms with Crippen LogP contribution in [0.2, 0.25) is 0 Å². The van der Waals surface area contributed by atoms with Gasteiger partial charge in [0.05, 0.1) is 0 Å². The lowest BCUT2D eigenvalue weighted by Gasteiger charge is -2.07. The Morgan fingerprint density at radius 2 is 1.78 bits per heavy atom. The maximum atomic E-state index is 4.49.